The molecule has 0 aromatic heterocycles. The normalized spacial score (nSPS) is 16.7. The summed E-state index contributed by atoms with van der Waals surface area (Å²) in [5, 5.41) is 9.79. The Morgan fingerprint density at radius 1 is 1.17 bits per heavy atom. The molecule has 1 atom stereocenters. The van der Waals surface area contributed by atoms with Crippen LogP contribution in [0.5, 0.6) is 23.0 Å². The molecule has 29 heavy (non-hydrogen) atoms. The third-order valence-corrected chi connectivity index (χ3v) is 5.35. The number of allylic oxidation sites excluding steroid dienone is 1. The highest BCUT2D eigenvalue weighted by molar-refractivity contribution is 5.64. The molecular formula is C22H23N3O4. The van der Waals surface area contributed by atoms with Crippen LogP contribution >= 0.6 is 0 Å². The van der Waals surface area contributed by atoms with Crippen molar-refractivity contribution in [1.29, 1.82) is 5.26 Å². The van der Waals surface area contributed by atoms with Gasteiger partial charge in [-0.05, 0) is 37.6 Å². The highest BCUT2D eigenvalue weighted by Crippen LogP contribution is 2.48. The van der Waals surface area contributed by atoms with E-state index >= 15 is 0 Å². The highest BCUT2D eigenvalue weighted by atomic mass is 16.7. The smallest absolute Gasteiger partial charge is 0.231 e. The fraction of sp³-hybridized carbons (Fsp3) is 0.318. The van der Waals surface area contributed by atoms with Gasteiger partial charge in [-0.15, -0.1) is 0 Å². The van der Waals surface area contributed by atoms with Gasteiger partial charge in [0.05, 0.1) is 13.0 Å². The number of benzene rings is 2. The number of hydrogen-bond acceptors (Lipinski definition) is 7. The second-order valence-electron chi connectivity index (χ2n) is 6.78. The predicted octanol–water partition coefficient (Wildman–Crippen LogP) is 3.49. The van der Waals surface area contributed by atoms with Crippen LogP contribution in [0.25, 0.3) is 0 Å². The molecule has 150 valence electrons. The highest BCUT2D eigenvalue weighted by Gasteiger charge is 2.33. The van der Waals surface area contributed by atoms with Crippen LogP contribution in [-0.2, 0) is 0 Å². The summed E-state index contributed by atoms with van der Waals surface area (Å²) in [6.45, 7) is 6.11. The van der Waals surface area contributed by atoms with Gasteiger partial charge in [0.2, 0.25) is 18.4 Å². The Balaban J connectivity index is 1.87. The van der Waals surface area contributed by atoms with E-state index in [1.807, 2.05) is 30.3 Å². The molecule has 2 aromatic carbocycles. The van der Waals surface area contributed by atoms with Crippen LogP contribution in [0.4, 0.5) is 5.69 Å². The summed E-state index contributed by atoms with van der Waals surface area (Å²) in [6, 6.07) is 12.0. The van der Waals surface area contributed by atoms with E-state index in [9.17, 15) is 5.26 Å². The largest absolute Gasteiger partial charge is 0.493 e. The molecule has 0 spiro atoms. The number of anilines is 1. The summed E-state index contributed by atoms with van der Waals surface area (Å²) in [6.07, 6.45) is 0. The maximum atomic E-state index is 9.79. The van der Waals surface area contributed by atoms with Crippen molar-refractivity contribution < 1.29 is 18.9 Å². The van der Waals surface area contributed by atoms with Crippen LogP contribution < -0.4 is 29.6 Å². The zero-order chi connectivity index (χ0) is 20.5. The standard InChI is InChI=1S/C22H23N3O4/c1-4-25(5-2)14-6-7-15-17(10-14)29-22(24)16(11-23)20(15)13-8-18(26-3)21-19(9-13)27-12-28-21/h6-10,20H,4-5,12,24H2,1-3H3/t20-/m0/s1. The number of hydrogen-bond donors (Lipinski definition) is 1. The Labute approximate surface area is 169 Å². The van der Waals surface area contributed by atoms with E-state index in [2.05, 4.69) is 24.8 Å². The molecule has 0 bridgehead atoms. The molecule has 2 aromatic rings. The topological polar surface area (TPSA) is 90.0 Å². The monoisotopic (exact) mass is 393 g/mol. The number of ether oxygens (including phenoxy) is 4. The van der Waals surface area contributed by atoms with Crippen LogP contribution in [0.2, 0.25) is 0 Å². The number of fused-ring (bicyclic) bond motifs is 2. The number of rotatable bonds is 5. The van der Waals surface area contributed by atoms with Gasteiger partial charge in [-0.25, -0.2) is 0 Å². The Bertz CT molecular complexity index is 1020. The van der Waals surface area contributed by atoms with E-state index < -0.39 is 5.92 Å². The van der Waals surface area contributed by atoms with Crippen LogP contribution in [-0.4, -0.2) is 27.0 Å². The van der Waals surface area contributed by atoms with Crippen molar-refractivity contribution in [2.45, 2.75) is 19.8 Å². The van der Waals surface area contributed by atoms with E-state index in [0.29, 0.717) is 28.6 Å². The van der Waals surface area contributed by atoms with Crippen molar-refractivity contribution in [2.75, 3.05) is 31.9 Å². The Morgan fingerprint density at radius 2 is 1.97 bits per heavy atom. The molecule has 0 saturated carbocycles. The van der Waals surface area contributed by atoms with Gasteiger partial charge in [-0.1, -0.05) is 6.07 Å². The summed E-state index contributed by atoms with van der Waals surface area (Å²) in [5.74, 6) is 2.07. The molecule has 0 aliphatic carbocycles. The Kier molecular flexibility index (Phi) is 4.85. The van der Waals surface area contributed by atoms with Crippen molar-refractivity contribution in [3.05, 3.63) is 52.9 Å². The SMILES string of the molecule is CCN(CC)c1ccc2c(c1)OC(N)=C(C#N)[C@H]2c1cc(OC)c2c(c1)OCO2. The second kappa shape index (κ2) is 7.47. The molecule has 0 amide bonds. The van der Waals surface area contributed by atoms with Crippen molar-refractivity contribution in [3.63, 3.8) is 0 Å². The van der Waals surface area contributed by atoms with E-state index in [0.717, 1.165) is 29.9 Å². The minimum atomic E-state index is -0.391. The van der Waals surface area contributed by atoms with Crippen LogP contribution in [0.3, 0.4) is 0 Å². The average Bonchev–Trinajstić information content (AvgIpc) is 3.21. The summed E-state index contributed by atoms with van der Waals surface area (Å²) in [5.41, 5.74) is 9.23. The summed E-state index contributed by atoms with van der Waals surface area (Å²) >= 11 is 0. The van der Waals surface area contributed by atoms with Crippen LogP contribution in [0.15, 0.2) is 41.8 Å². The average molecular weight is 393 g/mol. The number of nitrogens with two attached hydrogens (primary N) is 1. The van der Waals surface area contributed by atoms with Crippen LogP contribution in [0.1, 0.15) is 30.9 Å². The maximum absolute atomic E-state index is 9.79. The third kappa shape index (κ3) is 3.07. The minimum absolute atomic E-state index is 0.110. The molecule has 0 unspecified atom stereocenters. The number of methoxy groups -OCH3 is 1. The predicted molar refractivity (Wildman–Crippen MR) is 108 cm³/mol. The second-order valence-corrected chi connectivity index (χ2v) is 6.78. The summed E-state index contributed by atoms with van der Waals surface area (Å²) in [7, 11) is 1.57. The van der Waals surface area contributed by atoms with E-state index in [4.69, 9.17) is 24.7 Å². The van der Waals surface area contributed by atoms with E-state index in [-0.39, 0.29) is 12.7 Å². The summed E-state index contributed by atoms with van der Waals surface area (Å²) in [4.78, 5) is 2.22. The first kappa shape index (κ1) is 18.8. The Morgan fingerprint density at radius 3 is 2.66 bits per heavy atom. The molecule has 0 radical (unpaired) electrons. The number of nitriles is 1. The van der Waals surface area contributed by atoms with Gasteiger partial charge in [0.15, 0.2) is 11.5 Å². The van der Waals surface area contributed by atoms with Crippen molar-refractivity contribution in [2.24, 2.45) is 5.73 Å². The van der Waals surface area contributed by atoms with Gasteiger partial charge in [-0.2, -0.15) is 5.26 Å². The first-order valence-electron chi connectivity index (χ1n) is 9.55. The quantitative estimate of drug-likeness (QED) is 0.831. The third-order valence-electron chi connectivity index (χ3n) is 5.35. The van der Waals surface area contributed by atoms with Gasteiger partial charge < -0.3 is 29.6 Å². The van der Waals surface area contributed by atoms with Crippen LogP contribution in [0, 0.1) is 11.3 Å². The molecule has 4 rings (SSSR count). The molecule has 0 saturated heterocycles. The van der Waals surface area contributed by atoms with Crippen molar-refractivity contribution in [3.8, 4) is 29.1 Å². The summed E-state index contributed by atoms with van der Waals surface area (Å²) < 4.78 is 22.4. The maximum Gasteiger partial charge on any atom is 0.231 e. The van der Waals surface area contributed by atoms with Crippen molar-refractivity contribution >= 4 is 5.69 Å². The van der Waals surface area contributed by atoms with Gasteiger partial charge in [0, 0.05) is 30.4 Å². The van der Waals surface area contributed by atoms with E-state index in [1.165, 1.54) is 0 Å². The lowest BCUT2D eigenvalue weighted by atomic mass is 9.83. The van der Waals surface area contributed by atoms with Gasteiger partial charge >= 0.3 is 0 Å². The molecule has 2 heterocycles. The lowest BCUT2D eigenvalue weighted by Gasteiger charge is -2.29. The molecular weight excluding hydrogens is 370 g/mol. The van der Waals surface area contributed by atoms with Gasteiger partial charge in [0.25, 0.3) is 0 Å². The lowest BCUT2D eigenvalue weighted by molar-refractivity contribution is 0.171. The fourth-order valence-electron chi connectivity index (χ4n) is 3.89. The molecule has 2 N–H and O–H groups in total. The van der Waals surface area contributed by atoms with E-state index in [1.54, 1.807) is 7.11 Å². The first-order valence-corrected chi connectivity index (χ1v) is 9.55. The zero-order valence-corrected chi connectivity index (χ0v) is 16.7. The molecule has 0 fully saturated rings. The lowest BCUT2D eigenvalue weighted by Crippen LogP contribution is -2.24. The molecule has 2 aliphatic heterocycles. The number of nitrogens with zero attached hydrogens (tertiary/aromatic N) is 2. The molecule has 7 nitrogen and oxygen atoms in total. The fourth-order valence-corrected chi connectivity index (χ4v) is 3.89. The zero-order valence-electron chi connectivity index (χ0n) is 16.7. The van der Waals surface area contributed by atoms with Crippen molar-refractivity contribution in [1.82, 2.24) is 0 Å². The van der Waals surface area contributed by atoms with Gasteiger partial charge in [0.1, 0.15) is 17.4 Å². The first-order chi connectivity index (χ1) is 14.1. The Hall–Kier alpha value is -3.53. The van der Waals surface area contributed by atoms with Gasteiger partial charge in [-0.3, -0.25) is 0 Å². The molecule has 2 aliphatic rings. The minimum Gasteiger partial charge on any atom is -0.493 e. The molecule has 7 heteroatoms.